The molecule has 1 saturated heterocycles. The topological polar surface area (TPSA) is 43.8 Å². The predicted molar refractivity (Wildman–Crippen MR) is 113 cm³/mol. The molecule has 1 aliphatic heterocycles. The molecule has 0 bridgehead atoms. The predicted octanol–water partition coefficient (Wildman–Crippen LogP) is 3.35. The number of aliphatic hydroxyl groups excluding tert-OH is 1. The molecule has 150 valence electrons. The zero-order valence-corrected chi connectivity index (χ0v) is 16.7. The molecule has 0 aliphatic carbocycles. The van der Waals surface area contributed by atoms with Crippen LogP contribution in [0.4, 0.5) is 0 Å². The summed E-state index contributed by atoms with van der Waals surface area (Å²) in [7, 11) is 0. The number of likely N-dealkylation sites (tertiary alicyclic amines) is 1. The van der Waals surface area contributed by atoms with Crippen LogP contribution in [-0.4, -0.2) is 53.6 Å². The van der Waals surface area contributed by atoms with Gasteiger partial charge >= 0.3 is 0 Å². The highest BCUT2D eigenvalue weighted by atomic mass is 16.3. The highest BCUT2D eigenvalue weighted by molar-refractivity contribution is 5.79. The van der Waals surface area contributed by atoms with Gasteiger partial charge in [0.1, 0.15) is 0 Å². The normalized spacial score (nSPS) is 15.5. The molecule has 28 heavy (non-hydrogen) atoms. The van der Waals surface area contributed by atoms with Crippen molar-refractivity contribution in [3.63, 3.8) is 0 Å². The molecule has 3 rings (SSSR count). The highest BCUT2D eigenvalue weighted by Gasteiger charge is 2.28. The van der Waals surface area contributed by atoms with E-state index in [0.29, 0.717) is 13.1 Å². The Morgan fingerprint density at radius 3 is 2.18 bits per heavy atom. The van der Waals surface area contributed by atoms with Crippen LogP contribution in [0.1, 0.15) is 30.4 Å². The lowest BCUT2D eigenvalue weighted by Crippen LogP contribution is -2.43. The minimum absolute atomic E-state index is 0.0108. The molecular weight excluding hydrogens is 348 g/mol. The van der Waals surface area contributed by atoms with Gasteiger partial charge in [-0.25, -0.2) is 0 Å². The Hall–Kier alpha value is -2.17. The zero-order valence-electron chi connectivity index (χ0n) is 16.7. The number of aliphatic hydroxyl groups is 1. The summed E-state index contributed by atoms with van der Waals surface area (Å²) in [6.07, 6.45) is 4.11. The summed E-state index contributed by atoms with van der Waals surface area (Å²) in [5.41, 5.74) is 2.51. The molecule has 1 fully saturated rings. The maximum Gasteiger partial charge on any atom is 0.226 e. The van der Waals surface area contributed by atoms with Gasteiger partial charge in [0.2, 0.25) is 5.91 Å². The number of piperidine rings is 1. The van der Waals surface area contributed by atoms with E-state index in [2.05, 4.69) is 35.2 Å². The lowest BCUT2D eigenvalue weighted by molar-refractivity contribution is -0.138. The minimum Gasteiger partial charge on any atom is -0.395 e. The van der Waals surface area contributed by atoms with Gasteiger partial charge in [0.05, 0.1) is 6.61 Å². The fourth-order valence-electron chi connectivity index (χ4n) is 4.00. The fraction of sp³-hybridized carbons (Fsp3) is 0.458. The molecule has 0 saturated carbocycles. The Balaban J connectivity index is 1.44. The SMILES string of the molecule is O=C(C1CCN(CCCc2ccccc2)CC1)N(CCO)Cc1ccccc1. The largest absolute Gasteiger partial charge is 0.395 e. The molecule has 1 N–H and O–H groups in total. The molecule has 0 radical (unpaired) electrons. The van der Waals surface area contributed by atoms with Crippen molar-refractivity contribution >= 4 is 5.91 Å². The quantitative estimate of drug-likeness (QED) is 0.726. The van der Waals surface area contributed by atoms with E-state index in [0.717, 1.165) is 50.9 Å². The van der Waals surface area contributed by atoms with Gasteiger partial charge < -0.3 is 14.9 Å². The van der Waals surface area contributed by atoms with E-state index in [1.165, 1.54) is 5.56 Å². The monoisotopic (exact) mass is 380 g/mol. The van der Waals surface area contributed by atoms with Crippen molar-refractivity contribution in [2.24, 2.45) is 5.92 Å². The first-order valence-corrected chi connectivity index (χ1v) is 10.5. The third kappa shape index (κ3) is 6.18. The number of hydrogen-bond donors (Lipinski definition) is 1. The van der Waals surface area contributed by atoms with Gasteiger partial charge in [0.15, 0.2) is 0 Å². The molecule has 1 amide bonds. The van der Waals surface area contributed by atoms with Gasteiger partial charge in [0.25, 0.3) is 0 Å². The van der Waals surface area contributed by atoms with Gasteiger partial charge in [-0.05, 0) is 56.4 Å². The number of amides is 1. The van der Waals surface area contributed by atoms with Gasteiger partial charge in [-0.2, -0.15) is 0 Å². The van der Waals surface area contributed by atoms with E-state index in [-0.39, 0.29) is 18.4 Å². The van der Waals surface area contributed by atoms with Crippen LogP contribution in [0.2, 0.25) is 0 Å². The van der Waals surface area contributed by atoms with E-state index >= 15 is 0 Å². The number of carbonyl (C=O) groups excluding carboxylic acids is 1. The Morgan fingerprint density at radius 2 is 1.57 bits per heavy atom. The molecule has 0 atom stereocenters. The first kappa shape index (κ1) is 20.6. The average molecular weight is 381 g/mol. The summed E-state index contributed by atoms with van der Waals surface area (Å²) < 4.78 is 0. The summed E-state index contributed by atoms with van der Waals surface area (Å²) in [6, 6.07) is 20.7. The van der Waals surface area contributed by atoms with Crippen molar-refractivity contribution in [3.8, 4) is 0 Å². The lowest BCUT2D eigenvalue weighted by Gasteiger charge is -2.34. The Labute approximate surface area is 168 Å². The van der Waals surface area contributed by atoms with Crippen LogP contribution in [0.3, 0.4) is 0 Å². The van der Waals surface area contributed by atoms with Gasteiger partial charge in [-0.15, -0.1) is 0 Å². The first-order valence-electron chi connectivity index (χ1n) is 10.5. The lowest BCUT2D eigenvalue weighted by atomic mass is 9.94. The number of rotatable bonds is 9. The van der Waals surface area contributed by atoms with Crippen LogP contribution in [-0.2, 0) is 17.8 Å². The van der Waals surface area contributed by atoms with Gasteiger partial charge in [0, 0.05) is 19.0 Å². The number of nitrogens with zero attached hydrogens (tertiary/aromatic N) is 2. The van der Waals surface area contributed by atoms with E-state index in [1.807, 2.05) is 35.2 Å². The molecule has 4 heteroatoms. The maximum absolute atomic E-state index is 13.0. The van der Waals surface area contributed by atoms with E-state index < -0.39 is 0 Å². The molecule has 0 unspecified atom stereocenters. The maximum atomic E-state index is 13.0. The van der Waals surface area contributed by atoms with Crippen molar-refractivity contribution in [2.75, 3.05) is 32.8 Å². The van der Waals surface area contributed by atoms with Crippen LogP contribution in [0, 0.1) is 5.92 Å². The zero-order chi connectivity index (χ0) is 19.6. The second kappa shape index (κ2) is 11.0. The number of aryl methyl sites for hydroxylation is 1. The van der Waals surface area contributed by atoms with E-state index in [4.69, 9.17) is 0 Å². The van der Waals surface area contributed by atoms with Crippen LogP contribution >= 0.6 is 0 Å². The third-order valence-corrected chi connectivity index (χ3v) is 5.62. The number of carbonyl (C=O) groups is 1. The van der Waals surface area contributed by atoms with Crippen LogP contribution in [0.5, 0.6) is 0 Å². The molecule has 1 aliphatic rings. The van der Waals surface area contributed by atoms with Crippen molar-refractivity contribution in [1.82, 2.24) is 9.80 Å². The molecule has 2 aromatic rings. The van der Waals surface area contributed by atoms with Crippen LogP contribution in [0.25, 0.3) is 0 Å². The Kier molecular flexibility index (Phi) is 8.07. The number of benzene rings is 2. The molecule has 4 nitrogen and oxygen atoms in total. The standard InChI is InChI=1S/C24H32N2O2/c27-19-18-26(20-22-10-5-2-6-11-22)24(28)23-13-16-25(17-14-23)15-7-12-21-8-3-1-4-9-21/h1-6,8-11,23,27H,7,12-20H2. The van der Waals surface area contributed by atoms with Crippen molar-refractivity contribution in [3.05, 3.63) is 71.8 Å². The molecule has 2 aromatic carbocycles. The van der Waals surface area contributed by atoms with Gasteiger partial charge in [-0.3, -0.25) is 4.79 Å². The fourth-order valence-corrected chi connectivity index (χ4v) is 4.00. The second-order valence-corrected chi connectivity index (χ2v) is 7.67. The van der Waals surface area contributed by atoms with Crippen LogP contribution < -0.4 is 0 Å². The smallest absolute Gasteiger partial charge is 0.226 e. The summed E-state index contributed by atoms with van der Waals surface area (Å²) >= 11 is 0. The number of hydrogen-bond acceptors (Lipinski definition) is 3. The Morgan fingerprint density at radius 1 is 0.964 bits per heavy atom. The minimum atomic E-state index is 0.0108. The summed E-state index contributed by atoms with van der Waals surface area (Å²) in [4.78, 5) is 17.3. The van der Waals surface area contributed by atoms with Crippen molar-refractivity contribution < 1.29 is 9.90 Å². The van der Waals surface area contributed by atoms with Crippen molar-refractivity contribution in [2.45, 2.75) is 32.2 Å². The Bertz CT molecular complexity index is 697. The molecule has 0 spiro atoms. The summed E-state index contributed by atoms with van der Waals surface area (Å²) in [6.45, 7) is 4.08. The molecule has 1 heterocycles. The van der Waals surface area contributed by atoms with Crippen molar-refractivity contribution in [1.29, 1.82) is 0 Å². The highest BCUT2D eigenvalue weighted by Crippen LogP contribution is 2.21. The van der Waals surface area contributed by atoms with E-state index in [9.17, 15) is 9.90 Å². The van der Waals surface area contributed by atoms with Gasteiger partial charge in [-0.1, -0.05) is 60.7 Å². The molecular formula is C24H32N2O2. The van der Waals surface area contributed by atoms with Crippen LogP contribution in [0.15, 0.2) is 60.7 Å². The summed E-state index contributed by atoms with van der Waals surface area (Å²) in [5, 5.41) is 9.39. The average Bonchev–Trinajstić information content (AvgIpc) is 2.75. The molecule has 0 aromatic heterocycles. The third-order valence-electron chi connectivity index (χ3n) is 5.62. The summed E-state index contributed by atoms with van der Waals surface area (Å²) in [5.74, 6) is 0.280. The second-order valence-electron chi connectivity index (χ2n) is 7.67. The van der Waals surface area contributed by atoms with E-state index in [1.54, 1.807) is 0 Å². The first-order chi connectivity index (χ1) is 13.8.